The molecule has 2 rings (SSSR count). The Kier molecular flexibility index (Phi) is 5.80. The molecule has 0 radical (unpaired) electrons. The third-order valence-electron chi connectivity index (χ3n) is 3.95. The van der Waals surface area contributed by atoms with Crippen LogP contribution >= 0.6 is 0 Å². The molecule has 0 bridgehead atoms. The van der Waals surface area contributed by atoms with Gasteiger partial charge in [-0.05, 0) is 25.0 Å². The van der Waals surface area contributed by atoms with Crippen LogP contribution in [-0.4, -0.2) is 54.9 Å². The number of methoxy groups -OCH3 is 1. The summed E-state index contributed by atoms with van der Waals surface area (Å²) < 4.78 is 38.2. The minimum Gasteiger partial charge on any atom is -0.496 e. The van der Waals surface area contributed by atoms with Crippen LogP contribution in [0.5, 0.6) is 5.75 Å². The predicted octanol–water partition coefficient (Wildman–Crippen LogP) is -0.495. The van der Waals surface area contributed by atoms with Gasteiger partial charge < -0.3 is 14.4 Å². The van der Waals surface area contributed by atoms with E-state index in [1.165, 1.54) is 4.90 Å². The Labute approximate surface area is 132 Å². The molecule has 0 aliphatic carbocycles. The lowest BCUT2D eigenvalue weighted by molar-refractivity contribution is -0.906. The smallest absolute Gasteiger partial charge is 0.241 e. The summed E-state index contributed by atoms with van der Waals surface area (Å²) in [4.78, 5) is 1.65. The van der Waals surface area contributed by atoms with Crippen molar-refractivity contribution in [3.63, 3.8) is 0 Å². The van der Waals surface area contributed by atoms with Crippen molar-refractivity contribution >= 4 is 10.0 Å². The normalized spacial score (nSPS) is 16.7. The van der Waals surface area contributed by atoms with Crippen LogP contribution in [-0.2, 0) is 14.8 Å². The van der Waals surface area contributed by atoms with Crippen LogP contribution in [0, 0.1) is 13.8 Å². The van der Waals surface area contributed by atoms with Gasteiger partial charge in [0.1, 0.15) is 18.8 Å². The lowest BCUT2D eigenvalue weighted by atomic mass is 10.1. The minimum absolute atomic E-state index is 0.284. The van der Waals surface area contributed by atoms with Gasteiger partial charge in [0.05, 0.1) is 38.3 Å². The third kappa shape index (κ3) is 4.19. The van der Waals surface area contributed by atoms with Crippen LogP contribution in [0.1, 0.15) is 11.1 Å². The number of sulfonamides is 1. The Morgan fingerprint density at radius 1 is 1.23 bits per heavy atom. The molecule has 124 valence electrons. The fourth-order valence-electron chi connectivity index (χ4n) is 2.67. The van der Waals surface area contributed by atoms with Crippen molar-refractivity contribution in [2.75, 3.05) is 46.5 Å². The molecule has 1 saturated heterocycles. The number of ether oxygens (including phenoxy) is 2. The van der Waals surface area contributed by atoms with E-state index in [1.54, 1.807) is 20.1 Å². The maximum absolute atomic E-state index is 12.5. The topological polar surface area (TPSA) is 69.1 Å². The summed E-state index contributed by atoms with van der Waals surface area (Å²) in [6.07, 6.45) is 0. The number of aryl methyl sites for hydroxylation is 2. The lowest BCUT2D eigenvalue weighted by Gasteiger charge is -2.23. The highest BCUT2D eigenvalue weighted by atomic mass is 32.2. The largest absolute Gasteiger partial charge is 0.496 e. The van der Waals surface area contributed by atoms with Crippen LogP contribution in [0.3, 0.4) is 0 Å². The number of hydrogen-bond donors (Lipinski definition) is 2. The minimum atomic E-state index is -3.52. The fourth-order valence-corrected chi connectivity index (χ4v) is 3.94. The molecule has 6 nitrogen and oxygen atoms in total. The number of quaternary nitrogens is 1. The van der Waals surface area contributed by atoms with Gasteiger partial charge in [-0.3, -0.25) is 0 Å². The number of rotatable bonds is 6. The highest BCUT2D eigenvalue weighted by Crippen LogP contribution is 2.25. The maximum atomic E-state index is 12.5. The fraction of sp³-hybridized carbons (Fsp3) is 0.600. The van der Waals surface area contributed by atoms with E-state index in [1.807, 2.05) is 13.0 Å². The molecule has 0 atom stereocenters. The molecule has 1 aromatic rings. The number of benzene rings is 1. The highest BCUT2D eigenvalue weighted by molar-refractivity contribution is 7.89. The first-order valence-electron chi connectivity index (χ1n) is 7.50. The Morgan fingerprint density at radius 3 is 2.55 bits per heavy atom. The molecule has 22 heavy (non-hydrogen) atoms. The molecule has 1 aromatic carbocycles. The molecule has 0 unspecified atom stereocenters. The molecule has 0 spiro atoms. The van der Waals surface area contributed by atoms with E-state index in [4.69, 9.17) is 9.47 Å². The first-order valence-corrected chi connectivity index (χ1v) is 8.98. The zero-order chi connectivity index (χ0) is 16.2. The summed E-state index contributed by atoms with van der Waals surface area (Å²) in [5.41, 5.74) is 1.65. The summed E-state index contributed by atoms with van der Waals surface area (Å²) in [6, 6.07) is 3.43. The van der Waals surface area contributed by atoms with Crippen LogP contribution in [0.2, 0.25) is 0 Å². The number of nitrogens with one attached hydrogen (secondary N) is 2. The van der Waals surface area contributed by atoms with E-state index in [0.29, 0.717) is 12.3 Å². The summed E-state index contributed by atoms with van der Waals surface area (Å²) in [6.45, 7) is 8.24. The second-order valence-electron chi connectivity index (χ2n) is 5.60. The van der Waals surface area contributed by atoms with Gasteiger partial charge in [-0.2, -0.15) is 0 Å². The van der Waals surface area contributed by atoms with Crippen molar-refractivity contribution < 1.29 is 22.8 Å². The molecule has 0 aromatic heterocycles. The van der Waals surface area contributed by atoms with Gasteiger partial charge in [0, 0.05) is 6.07 Å². The van der Waals surface area contributed by atoms with Gasteiger partial charge >= 0.3 is 0 Å². The summed E-state index contributed by atoms with van der Waals surface area (Å²) in [7, 11) is -1.97. The van der Waals surface area contributed by atoms with E-state index in [9.17, 15) is 8.42 Å². The maximum Gasteiger partial charge on any atom is 0.241 e. The van der Waals surface area contributed by atoms with Crippen molar-refractivity contribution in [2.24, 2.45) is 0 Å². The summed E-state index contributed by atoms with van der Waals surface area (Å²) in [5, 5.41) is 0. The van der Waals surface area contributed by atoms with Crippen molar-refractivity contribution in [3.05, 3.63) is 23.3 Å². The molecule has 2 N–H and O–H groups in total. The molecule has 1 aliphatic rings. The van der Waals surface area contributed by atoms with Crippen LogP contribution in [0.25, 0.3) is 0 Å². The standard InChI is InChI=1S/C15H24N2O4S/c1-12-10-13(2)15(11-14(12)20-3)22(18,19)16-4-5-17-6-8-21-9-7-17/h10-11,16H,4-9H2,1-3H3/p+1. The lowest BCUT2D eigenvalue weighted by Crippen LogP contribution is -3.14. The van der Waals surface area contributed by atoms with Gasteiger partial charge in [0.25, 0.3) is 0 Å². The van der Waals surface area contributed by atoms with Crippen LogP contribution in [0.4, 0.5) is 0 Å². The van der Waals surface area contributed by atoms with Gasteiger partial charge in [-0.1, -0.05) is 6.07 Å². The van der Waals surface area contributed by atoms with E-state index < -0.39 is 10.0 Å². The van der Waals surface area contributed by atoms with Crippen molar-refractivity contribution in [2.45, 2.75) is 18.7 Å². The Bertz CT molecular complexity index is 610. The quantitative estimate of drug-likeness (QED) is 0.739. The van der Waals surface area contributed by atoms with E-state index in [-0.39, 0.29) is 4.90 Å². The van der Waals surface area contributed by atoms with Gasteiger partial charge in [-0.15, -0.1) is 0 Å². The second kappa shape index (κ2) is 7.41. The molecular formula is C15H25N2O4S+. The van der Waals surface area contributed by atoms with Crippen LogP contribution in [0.15, 0.2) is 17.0 Å². The van der Waals surface area contributed by atoms with Gasteiger partial charge in [0.15, 0.2) is 0 Å². The average Bonchev–Trinajstić information content (AvgIpc) is 2.48. The zero-order valence-electron chi connectivity index (χ0n) is 13.4. The highest BCUT2D eigenvalue weighted by Gasteiger charge is 2.20. The Morgan fingerprint density at radius 2 is 1.91 bits per heavy atom. The molecule has 0 saturated carbocycles. The first kappa shape index (κ1) is 17.2. The molecule has 1 fully saturated rings. The molecule has 1 aliphatic heterocycles. The first-order chi connectivity index (χ1) is 10.4. The SMILES string of the molecule is COc1cc(S(=O)(=O)NCC[NH+]2CCOCC2)c(C)cc1C. The molecular weight excluding hydrogens is 304 g/mol. The van der Waals surface area contributed by atoms with E-state index in [0.717, 1.165) is 44.0 Å². The average molecular weight is 329 g/mol. The molecule has 7 heteroatoms. The summed E-state index contributed by atoms with van der Waals surface area (Å²) in [5.74, 6) is 0.588. The van der Waals surface area contributed by atoms with E-state index in [2.05, 4.69) is 4.72 Å². The summed E-state index contributed by atoms with van der Waals surface area (Å²) >= 11 is 0. The van der Waals surface area contributed by atoms with Crippen LogP contribution < -0.4 is 14.4 Å². The Hall–Kier alpha value is -1.15. The van der Waals surface area contributed by atoms with Crippen molar-refractivity contribution in [3.8, 4) is 5.75 Å². The molecule has 1 heterocycles. The zero-order valence-corrected chi connectivity index (χ0v) is 14.3. The number of morpholine rings is 1. The van der Waals surface area contributed by atoms with Crippen molar-refractivity contribution in [1.82, 2.24) is 4.72 Å². The third-order valence-corrected chi connectivity index (χ3v) is 5.56. The molecule has 0 amide bonds. The van der Waals surface area contributed by atoms with Gasteiger partial charge in [0.2, 0.25) is 10.0 Å². The van der Waals surface area contributed by atoms with Crippen molar-refractivity contribution in [1.29, 1.82) is 0 Å². The van der Waals surface area contributed by atoms with Gasteiger partial charge in [-0.25, -0.2) is 13.1 Å². The second-order valence-corrected chi connectivity index (χ2v) is 7.33. The predicted molar refractivity (Wildman–Crippen MR) is 84.0 cm³/mol. The Balaban J connectivity index is 2.03. The van der Waals surface area contributed by atoms with E-state index >= 15 is 0 Å². The number of hydrogen-bond acceptors (Lipinski definition) is 4. The monoisotopic (exact) mass is 329 g/mol.